The quantitative estimate of drug-likeness (QED) is 0.107. The molecular formula is C44H41F3N6O6S. The van der Waals surface area contributed by atoms with Gasteiger partial charge in [-0.05, 0) is 85.3 Å². The van der Waals surface area contributed by atoms with Crippen molar-refractivity contribution in [2.75, 3.05) is 42.4 Å². The first-order valence-corrected chi connectivity index (χ1v) is 21.3. The molecule has 0 bridgehead atoms. The van der Waals surface area contributed by atoms with E-state index < -0.39 is 57.6 Å². The fraction of sp³-hybridized carbons (Fsp3) is 0.318. The molecule has 2 saturated heterocycles. The molecule has 3 atom stereocenters. The molecule has 9 rings (SSSR count). The van der Waals surface area contributed by atoms with Crippen LogP contribution in [0, 0.1) is 17.6 Å². The summed E-state index contributed by atoms with van der Waals surface area (Å²) in [6.07, 6.45) is 4.18. The van der Waals surface area contributed by atoms with E-state index in [1.54, 1.807) is 17.2 Å². The number of aromatic nitrogens is 2. The van der Waals surface area contributed by atoms with Crippen LogP contribution in [0.25, 0.3) is 22.2 Å². The highest BCUT2D eigenvalue weighted by atomic mass is 32.2. The second-order valence-electron chi connectivity index (χ2n) is 15.9. The molecular weight excluding hydrogens is 798 g/mol. The normalized spacial score (nSPS) is 21.0. The van der Waals surface area contributed by atoms with Crippen LogP contribution in [-0.4, -0.2) is 90.1 Å². The number of carbonyl (C=O) groups excluding carboxylic acids is 3. The molecule has 5 aromatic rings. The SMILES string of the molecule is C=C1CCC(N2Cc3cc(N4CC[C@@H](COc5ccc(-c6cnc7[nH]cc(C(=O)c8c(F)ccc(NS(=O)(=O)N9CC[C@@H](F)C9)c8F)c7c6)cc5)C4)ccc3C2=O)C(=O)C1. The second kappa shape index (κ2) is 15.6. The van der Waals surface area contributed by atoms with Crippen molar-refractivity contribution in [3.63, 3.8) is 0 Å². The number of rotatable bonds is 11. The zero-order chi connectivity index (χ0) is 41.9. The number of nitrogens with one attached hydrogen (secondary N) is 2. The van der Waals surface area contributed by atoms with E-state index in [2.05, 4.69) is 27.5 Å². The summed E-state index contributed by atoms with van der Waals surface area (Å²) >= 11 is 0. The first-order valence-electron chi connectivity index (χ1n) is 19.9. The fourth-order valence-corrected chi connectivity index (χ4v) is 9.92. The number of allylic oxidation sites excluding steroid dienone is 1. The van der Waals surface area contributed by atoms with E-state index in [-0.39, 0.29) is 36.1 Å². The molecule has 0 radical (unpaired) electrons. The summed E-state index contributed by atoms with van der Waals surface area (Å²) in [5.74, 6) is -2.69. The van der Waals surface area contributed by atoms with Crippen molar-refractivity contribution in [3.05, 3.63) is 119 Å². The number of pyridine rings is 1. The number of ether oxygens (including phenoxy) is 1. The Morgan fingerprint density at radius 2 is 1.80 bits per heavy atom. The van der Waals surface area contributed by atoms with Crippen LogP contribution in [0.15, 0.2) is 85.2 Å². The summed E-state index contributed by atoms with van der Waals surface area (Å²) in [5, 5.41) is 0.303. The summed E-state index contributed by atoms with van der Waals surface area (Å²) in [7, 11) is -4.36. The lowest BCUT2D eigenvalue weighted by atomic mass is 9.90. The van der Waals surface area contributed by atoms with Gasteiger partial charge < -0.3 is 19.5 Å². The number of hydrogen-bond acceptors (Lipinski definition) is 8. The zero-order valence-corrected chi connectivity index (χ0v) is 33.2. The topological polar surface area (TPSA) is 145 Å². The number of ketones is 2. The van der Waals surface area contributed by atoms with E-state index in [1.807, 2.05) is 41.1 Å². The highest BCUT2D eigenvalue weighted by Crippen LogP contribution is 2.35. The van der Waals surface area contributed by atoms with Crippen LogP contribution in [0.4, 0.5) is 24.5 Å². The number of fused-ring (bicyclic) bond motifs is 2. The highest BCUT2D eigenvalue weighted by molar-refractivity contribution is 7.90. The van der Waals surface area contributed by atoms with Crippen molar-refractivity contribution in [2.24, 2.45) is 5.92 Å². The minimum atomic E-state index is -4.36. The van der Waals surface area contributed by atoms with Gasteiger partial charge in [0, 0.05) is 85.2 Å². The largest absolute Gasteiger partial charge is 0.493 e. The standard InChI is InChI=1S/C44H41F3N6O6S/c1-25-2-11-38(39(54)16-25)53-22-29-17-31(5-8-33(29)44(53)56)51-14-12-26(21-51)24-59-32-6-3-27(4-7-32)28-18-34-35(20-49-43(34)48-19-28)42(55)40-36(46)9-10-37(41(40)47)50-60(57,58)52-15-13-30(45)23-52/h3-10,17-20,26,30,38,50H,1-2,11-16,21-24H2,(H,48,49)/t26-,30-,38?/m1/s1. The number of alkyl halides is 1. The Kier molecular flexibility index (Phi) is 10.2. The number of aromatic amines is 1. The molecule has 60 heavy (non-hydrogen) atoms. The Labute approximate surface area is 344 Å². The molecule has 3 aromatic carbocycles. The van der Waals surface area contributed by atoms with Crippen LogP contribution in [0.5, 0.6) is 5.75 Å². The predicted octanol–water partition coefficient (Wildman–Crippen LogP) is 6.98. The second-order valence-corrected chi connectivity index (χ2v) is 17.6. The predicted molar refractivity (Wildman–Crippen MR) is 219 cm³/mol. The Balaban J connectivity index is 0.837. The van der Waals surface area contributed by atoms with E-state index in [9.17, 15) is 27.2 Å². The summed E-state index contributed by atoms with van der Waals surface area (Å²) in [4.78, 5) is 50.9. The van der Waals surface area contributed by atoms with E-state index in [4.69, 9.17) is 4.74 Å². The molecule has 2 aromatic heterocycles. The van der Waals surface area contributed by atoms with Gasteiger partial charge in [0.25, 0.3) is 5.91 Å². The number of H-pyrrole nitrogens is 1. The molecule has 1 aliphatic carbocycles. The van der Waals surface area contributed by atoms with Crippen LogP contribution in [0.3, 0.4) is 0 Å². The number of carbonyl (C=O) groups is 3. The number of anilines is 2. The van der Waals surface area contributed by atoms with Gasteiger partial charge in [-0.25, -0.2) is 18.2 Å². The maximum Gasteiger partial charge on any atom is 0.301 e. The molecule has 1 saturated carbocycles. The van der Waals surface area contributed by atoms with Gasteiger partial charge in [0.1, 0.15) is 23.4 Å². The lowest BCUT2D eigenvalue weighted by molar-refractivity contribution is -0.124. The van der Waals surface area contributed by atoms with Crippen molar-refractivity contribution in [3.8, 4) is 16.9 Å². The summed E-state index contributed by atoms with van der Waals surface area (Å²) < 4.78 is 79.1. The lowest BCUT2D eigenvalue weighted by Gasteiger charge is -2.30. The molecule has 4 aliphatic rings. The molecule has 1 unspecified atom stereocenters. The summed E-state index contributed by atoms with van der Waals surface area (Å²) in [5.41, 5.74) is 3.59. The Bertz CT molecular complexity index is 2690. The highest BCUT2D eigenvalue weighted by Gasteiger charge is 2.38. The zero-order valence-electron chi connectivity index (χ0n) is 32.4. The average molecular weight is 839 g/mol. The van der Waals surface area contributed by atoms with Gasteiger partial charge in [-0.1, -0.05) is 24.3 Å². The average Bonchev–Trinajstić information content (AvgIpc) is 4.05. The van der Waals surface area contributed by atoms with Gasteiger partial charge in [0.05, 0.1) is 23.9 Å². The molecule has 1 amide bonds. The third-order valence-electron chi connectivity index (χ3n) is 12.0. The van der Waals surface area contributed by atoms with Crippen molar-refractivity contribution in [2.45, 2.75) is 50.9 Å². The van der Waals surface area contributed by atoms with Crippen LogP contribution in [-0.2, 0) is 21.5 Å². The third-order valence-corrected chi connectivity index (χ3v) is 13.4. The maximum atomic E-state index is 15.7. The van der Waals surface area contributed by atoms with Crippen LogP contribution >= 0.6 is 0 Å². The smallest absolute Gasteiger partial charge is 0.301 e. The number of hydrogen-bond donors (Lipinski definition) is 2. The number of amides is 1. The molecule has 3 fully saturated rings. The molecule has 310 valence electrons. The van der Waals surface area contributed by atoms with Crippen molar-refractivity contribution < 1.29 is 40.7 Å². The van der Waals surface area contributed by atoms with Crippen LogP contribution < -0.4 is 14.4 Å². The van der Waals surface area contributed by atoms with E-state index in [1.165, 1.54) is 6.20 Å². The minimum absolute atomic E-state index is 0.000742. The lowest BCUT2D eigenvalue weighted by Crippen LogP contribution is -2.43. The van der Waals surface area contributed by atoms with Gasteiger partial charge in [0.15, 0.2) is 11.6 Å². The van der Waals surface area contributed by atoms with Crippen LogP contribution in [0.2, 0.25) is 0 Å². The Hall–Kier alpha value is -6.00. The number of benzene rings is 3. The number of nitrogens with zero attached hydrogens (tertiary/aromatic N) is 4. The van der Waals surface area contributed by atoms with E-state index in [0.29, 0.717) is 53.9 Å². The van der Waals surface area contributed by atoms with Gasteiger partial charge in [0.2, 0.25) is 5.78 Å². The minimum Gasteiger partial charge on any atom is -0.493 e. The molecule has 3 aliphatic heterocycles. The van der Waals surface area contributed by atoms with Gasteiger partial charge in [-0.15, -0.1) is 0 Å². The van der Waals surface area contributed by atoms with Crippen molar-refractivity contribution >= 4 is 50.1 Å². The Morgan fingerprint density at radius 3 is 2.57 bits per heavy atom. The summed E-state index contributed by atoms with van der Waals surface area (Å²) in [6, 6.07) is 16.2. The monoisotopic (exact) mass is 838 g/mol. The van der Waals surface area contributed by atoms with Gasteiger partial charge in [-0.2, -0.15) is 12.7 Å². The third kappa shape index (κ3) is 7.42. The molecule has 5 heterocycles. The Morgan fingerprint density at radius 1 is 0.983 bits per heavy atom. The van der Waals surface area contributed by atoms with Crippen LogP contribution in [0.1, 0.15) is 63.9 Å². The number of Topliss-reactive ketones (excluding diaryl/α,β-unsaturated/α-hetero) is 1. The first kappa shape index (κ1) is 39.5. The van der Waals surface area contributed by atoms with Gasteiger partial charge in [-0.3, -0.25) is 19.1 Å². The maximum absolute atomic E-state index is 15.7. The van der Waals surface area contributed by atoms with E-state index in [0.717, 1.165) is 64.8 Å². The fourth-order valence-electron chi connectivity index (χ4n) is 8.66. The van der Waals surface area contributed by atoms with Gasteiger partial charge >= 0.3 is 10.2 Å². The molecule has 0 spiro atoms. The van der Waals surface area contributed by atoms with Crippen molar-refractivity contribution in [1.29, 1.82) is 0 Å². The molecule has 12 nitrogen and oxygen atoms in total. The molecule has 2 N–H and O–H groups in total. The van der Waals surface area contributed by atoms with Crippen molar-refractivity contribution in [1.82, 2.24) is 19.2 Å². The summed E-state index contributed by atoms with van der Waals surface area (Å²) in [6.45, 7) is 6.01. The number of halogens is 3. The first-order chi connectivity index (χ1) is 28.8. The molecule has 16 heteroatoms. The van der Waals surface area contributed by atoms with E-state index >= 15 is 8.78 Å².